The molecule has 1 heterocycles. The lowest BCUT2D eigenvalue weighted by Gasteiger charge is -2.21. The molecule has 0 aliphatic heterocycles. The molecular formula is C9H18N6O3S. The Morgan fingerprint density at radius 3 is 2.58 bits per heavy atom. The summed E-state index contributed by atoms with van der Waals surface area (Å²) in [6.45, 7) is 5.12. The highest BCUT2D eigenvalue weighted by atomic mass is 32.2. The van der Waals surface area contributed by atoms with Crippen molar-refractivity contribution in [3.05, 3.63) is 11.8 Å². The summed E-state index contributed by atoms with van der Waals surface area (Å²) in [5.41, 5.74) is 4.99. The number of aromatic nitrogens is 2. The summed E-state index contributed by atoms with van der Waals surface area (Å²) in [4.78, 5) is 0. The van der Waals surface area contributed by atoms with E-state index in [2.05, 4.69) is 19.7 Å². The zero-order chi connectivity index (χ0) is 14.8. The molecule has 1 aromatic rings. The molecule has 0 saturated carbocycles. The first kappa shape index (κ1) is 15.2. The molecule has 0 bridgehead atoms. The number of anilines is 1. The molecule has 0 fully saturated rings. The van der Waals surface area contributed by atoms with Gasteiger partial charge in [0.25, 0.3) is 0 Å². The monoisotopic (exact) mass is 290 g/mol. The highest BCUT2D eigenvalue weighted by Gasteiger charge is 2.23. The maximum atomic E-state index is 11.9. The van der Waals surface area contributed by atoms with E-state index in [1.54, 1.807) is 20.8 Å². The van der Waals surface area contributed by atoms with Crippen LogP contribution in [0.1, 0.15) is 26.3 Å². The predicted molar refractivity (Wildman–Crippen MR) is 71.2 cm³/mol. The molecule has 0 atom stereocenters. The maximum absolute atomic E-state index is 11.9. The molecule has 0 amide bonds. The normalized spacial score (nSPS) is 13.6. The van der Waals surface area contributed by atoms with Crippen LogP contribution in [0.4, 0.5) is 5.82 Å². The lowest BCUT2D eigenvalue weighted by atomic mass is 10.1. The van der Waals surface area contributed by atoms with Gasteiger partial charge in [0.05, 0.1) is 11.8 Å². The van der Waals surface area contributed by atoms with Gasteiger partial charge in [-0.1, -0.05) is 5.16 Å². The summed E-state index contributed by atoms with van der Waals surface area (Å²) < 4.78 is 29.8. The van der Waals surface area contributed by atoms with Gasteiger partial charge in [-0.15, -0.1) is 0 Å². The van der Waals surface area contributed by atoms with Crippen molar-refractivity contribution in [3.63, 3.8) is 0 Å². The van der Waals surface area contributed by atoms with E-state index in [4.69, 9.17) is 10.9 Å². The summed E-state index contributed by atoms with van der Waals surface area (Å²) in [6.07, 6.45) is 1.30. The maximum Gasteiger partial charge on any atom is 0.300 e. The quantitative estimate of drug-likeness (QED) is 0.258. The van der Waals surface area contributed by atoms with E-state index in [0.717, 1.165) is 0 Å². The molecular weight excluding hydrogens is 272 g/mol. The Bertz CT molecular complexity index is 584. The first-order valence-electron chi connectivity index (χ1n) is 5.37. The zero-order valence-electron chi connectivity index (χ0n) is 11.2. The third kappa shape index (κ3) is 4.10. The van der Waals surface area contributed by atoms with Gasteiger partial charge in [-0.3, -0.25) is 9.40 Å². The smallest absolute Gasteiger partial charge is 0.300 e. The van der Waals surface area contributed by atoms with Gasteiger partial charge in [-0.25, -0.2) is 0 Å². The van der Waals surface area contributed by atoms with Crippen LogP contribution in [0.5, 0.6) is 0 Å². The third-order valence-electron chi connectivity index (χ3n) is 1.99. The number of hydrogen-bond acceptors (Lipinski definition) is 5. The van der Waals surface area contributed by atoms with Crippen LogP contribution in [0.2, 0.25) is 0 Å². The second-order valence-corrected chi connectivity index (χ2v) is 6.39. The minimum absolute atomic E-state index is 0.104. The van der Waals surface area contributed by atoms with Crippen molar-refractivity contribution in [2.24, 2.45) is 17.9 Å². The van der Waals surface area contributed by atoms with E-state index in [0.29, 0.717) is 0 Å². The SMILES string of the molecule is Cn1ncc(C(N)=NO)c1NS(=O)(=O)NC(C)(C)C. The van der Waals surface area contributed by atoms with Gasteiger partial charge < -0.3 is 10.9 Å². The largest absolute Gasteiger partial charge is 0.409 e. The highest BCUT2D eigenvalue weighted by Crippen LogP contribution is 2.15. The Balaban J connectivity index is 3.10. The average molecular weight is 290 g/mol. The lowest BCUT2D eigenvalue weighted by molar-refractivity contribution is 0.318. The van der Waals surface area contributed by atoms with Crippen LogP contribution in [0, 0.1) is 0 Å². The summed E-state index contributed by atoms with van der Waals surface area (Å²) in [7, 11) is -2.27. The number of nitrogens with zero attached hydrogens (tertiary/aromatic N) is 3. The minimum atomic E-state index is -3.80. The molecule has 0 radical (unpaired) electrons. The molecule has 1 rings (SSSR count). The molecule has 108 valence electrons. The number of nitrogens with one attached hydrogen (secondary N) is 2. The molecule has 9 nitrogen and oxygen atoms in total. The second-order valence-electron chi connectivity index (χ2n) is 4.97. The molecule has 1 aromatic heterocycles. The Morgan fingerprint density at radius 2 is 2.11 bits per heavy atom. The Morgan fingerprint density at radius 1 is 1.53 bits per heavy atom. The van der Waals surface area contributed by atoms with Crippen LogP contribution in [-0.2, 0) is 17.3 Å². The van der Waals surface area contributed by atoms with E-state index < -0.39 is 15.7 Å². The third-order valence-corrected chi connectivity index (χ3v) is 3.34. The standard InChI is InChI=1S/C9H18N6O3S/c1-9(2,3)14-19(17,18)13-8-6(7(10)12-16)5-11-15(8)4/h5,13-14,16H,1-4H3,(H2,10,12). The van der Waals surface area contributed by atoms with Gasteiger partial charge in [0.1, 0.15) is 5.82 Å². The Labute approximate surface area is 111 Å². The van der Waals surface area contributed by atoms with E-state index in [9.17, 15) is 8.42 Å². The molecule has 0 unspecified atom stereocenters. The Hall–Kier alpha value is -1.81. The number of amidine groups is 1. The van der Waals surface area contributed by atoms with Crippen molar-refractivity contribution < 1.29 is 13.6 Å². The van der Waals surface area contributed by atoms with Crippen LogP contribution >= 0.6 is 0 Å². The van der Waals surface area contributed by atoms with Crippen LogP contribution in [-0.4, -0.2) is 34.8 Å². The number of oxime groups is 1. The van der Waals surface area contributed by atoms with E-state index in [-0.39, 0.29) is 17.2 Å². The van der Waals surface area contributed by atoms with Crippen LogP contribution in [0.15, 0.2) is 11.4 Å². The first-order valence-corrected chi connectivity index (χ1v) is 6.85. The lowest BCUT2D eigenvalue weighted by Crippen LogP contribution is -2.44. The molecule has 19 heavy (non-hydrogen) atoms. The van der Waals surface area contributed by atoms with Crippen molar-refractivity contribution >= 4 is 21.9 Å². The van der Waals surface area contributed by atoms with Crippen LogP contribution in [0.25, 0.3) is 0 Å². The van der Waals surface area contributed by atoms with Crippen LogP contribution < -0.4 is 15.2 Å². The molecule has 0 aromatic carbocycles. The van der Waals surface area contributed by atoms with Gasteiger partial charge in [0, 0.05) is 12.6 Å². The average Bonchev–Trinajstić information content (AvgIpc) is 2.55. The molecule has 0 saturated heterocycles. The van der Waals surface area contributed by atoms with E-state index in [1.807, 2.05) is 0 Å². The van der Waals surface area contributed by atoms with Crippen molar-refractivity contribution in [1.29, 1.82) is 0 Å². The van der Waals surface area contributed by atoms with Gasteiger partial charge in [0.15, 0.2) is 5.84 Å². The van der Waals surface area contributed by atoms with Crippen LogP contribution in [0.3, 0.4) is 0 Å². The predicted octanol–water partition coefficient (Wildman–Crippen LogP) is -0.441. The summed E-state index contributed by atoms with van der Waals surface area (Å²) in [5.74, 6) is -0.131. The van der Waals surface area contributed by atoms with Crippen molar-refractivity contribution in [2.45, 2.75) is 26.3 Å². The van der Waals surface area contributed by atoms with Crippen molar-refractivity contribution in [1.82, 2.24) is 14.5 Å². The minimum Gasteiger partial charge on any atom is -0.409 e. The summed E-state index contributed by atoms with van der Waals surface area (Å²) >= 11 is 0. The molecule has 5 N–H and O–H groups in total. The molecule has 10 heteroatoms. The first-order chi connectivity index (χ1) is 8.56. The number of aryl methyl sites for hydroxylation is 1. The molecule has 0 spiro atoms. The van der Waals surface area contributed by atoms with Gasteiger partial charge in [0.2, 0.25) is 0 Å². The summed E-state index contributed by atoms with van der Waals surface area (Å²) in [5, 5.41) is 15.3. The molecule has 0 aliphatic rings. The van der Waals surface area contributed by atoms with Crippen molar-refractivity contribution in [3.8, 4) is 0 Å². The fourth-order valence-electron chi connectivity index (χ4n) is 1.36. The summed E-state index contributed by atoms with van der Waals surface area (Å²) in [6, 6.07) is 0. The Kier molecular flexibility index (Phi) is 4.06. The van der Waals surface area contributed by atoms with E-state index in [1.165, 1.54) is 17.9 Å². The highest BCUT2D eigenvalue weighted by molar-refractivity contribution is 7.90. The second kappa shape index (κ2) is 5.05. The van der Waals surface area contributed by atoms with Crippen molar-refractivity contribution in [2.75, 3.05) is 4.72 Å². The fourth-order valence-corrected chi connectivity index (χ4v) is 2.71. The van der Waals surface area contributed by atoms with E-state index >= 15 is 0 Å². The number of rotatable bonds is 4. The zero-order valence-corrected chi connectivity index (χ0v) is 12.0. The van der Waals surface area contributed by atoms with Gasteiger partial charge in [-0.2, -0.15) is 18.2 Å². The van der Waals surface area contributed by atoms with Gasteiger partial charge in [-0.05, 0) is 20.8 Å². The number of nitrogens with two attached hydrogens (primary N) is 1. The van der Waals surface area contributed by atoms with Gasteiger partial charge >= 0.3 is 10.2 Å². The molecule has 0 aliphatic carbocycles. The topological polar surface area (TPSA) is 135 Å². The fraction of sp³-hybridized carbons (Fsp3) is 0.556. The number of hydrogen-bond donors (Lipinski definition) is 4.